The maximum atomic E-state index is 13.5. The lowest BCUT2D eigenvalue weighted by Crippen LogP contribution is -2.60. The molecule has 1 N–H and O–H groups in total. The van der Waals surface area contributed by atoms with Gasteiger partial charge in [0.15, 0.2) is 5.69 Å². The molecule has 31 heavy (non-hydrogen) atoms. The van der Waals surface area contributed by atoms with Crippen LogP contribution in [-0.4, -0.2) is 21.2 Å². The fourth-order valence-electron chi connectivity index (χ4n) is 6.41. The van der Waals surface area contributed by atoms with Crippen molar-refractivity contribution in [3.05, 3.63) is 57.5 Å². The first-order valence-corrected chi connectivity index (χ1v) is 10.7. The Morgan fingerprint density at radius 1 is 1.10 bits per heavy atom. The topological polar surface area (TPSA) is 64.0 Å². The third-order valence-electron chi connectivity index (χ3n) is 7.18. The lowest BCUT2D eigenvalue weighted by molar-refractivity contribution is -0.137. The Morgan fingerprint density at radius 3 is 2.26 bits per heavy atom. The minimum Gasteiger partial charge on any atom is -0.345 e. The van der Waals surface area contributed by atoms with E-state index >= 15 is 0 Å². The Morgan fingerprint density at radius 2 is 1.68 bits per heavy atom. The van der Waals surface area contributed by atoms with Gasteiger partial charge in [0, 0.05) is 17.3 Å². The maximum Gasteiger partial charge on any atom is 0.418 e. The van der Waals surface area contributed by atoms with Crippen molar-refractivity contribution in [1.82, 2.24) is 15.1 Å². The average Bonchev–Trinajstić information content (AvgIpc) is 2.66. The lowest BCUT2D eigenvalue weighted by atomic mass is 9.53. The molecule has 1 heterocycles. The molecule has 0 unspecified atom stereocenters. The predicted molar refractivity (Wildman–Crippen MR) is 108 cm³/mol. The van der Waals surface area contributed by atoms with E-state index in [9.17, 15) is 22.8 Å². The number of carbonyl (C=O) groups is 1. The normalized spacial score (nSPS) is 29.2. The summed E-state index contributed by atoms with van der Waals surface area (Å²) in [5.41, 5.74) is -2.12. The van der Waals surface area contributed by atoms with Gasteiger partial charge in [0.25, 0.3) is 5.91 Å². The molecule has 4 saturated carbocycles. The van der Waals surface area contributed by atoms with Crippen LogP contribution in [-0.2, 0) is 6.18 Å². The molecular weight excluding hydrogens is 407 g/mol. The van der Waals surface area contributed by atoms with Gasteiger partial charge in [0.05, 0.1) is 11.3 Å². The van der Waals surface area contributed by atoms with Gasteiger partial charge in [-0.25, -0.2) is 4.68 Å². The van der Waals surface area contributed by atoms with Crippen LogP contribution < -0.4 is 10.7 Å². The summed E-state index contributed by atoms with van der Waals surface area (Å²) in [7, 11) is 0. The number of aryl methyl sites for hydroxylation is 1. The highest BCUT2D eigenvalue weighted by Crippen LogP contribution is 2.55. The number of nitrogens with one attached hydrogen (secondary N) is 1. The second-order valence-corrected chi connectivity index (χ2v) is 9.58. The van der Waals surface area contributed by atoms with Gasteiger partial charge in [0.1, 0.15) is 0 Å². The average molecular weight is 431 g/mol. The van der Waals surface area contributed by atoms with E-state index in [4.69, 9.17) is 0 Å². The second kappa shape index (κ2) is 6.93. The number of amides is 1. The summed E-state index contributed by atoms with van der Waals surface area (Å²) >= 11 is 0. The van der Waals surface area contributed by atoms with Gasteiger partial charge in [-0.1, -0.05) is 12.1 Å². The molecule has 0 spiro atoms. The van der Waals surface area contributed by atoms with E-state index in [2.05, 4.69) is 10.4 Å². The summed E-state index contributed by atoms with van der Waals surface area (Å²) in [4.78, 5) is 25.7. The number of carbonyl (C=O) groups excluding carboxylic acids is 1. The number of para-hydroxylation sites is 1. The van der Waals surface area contributed by atoms with Crippen molar-refractivity contribution in [2.24, 2.45) is 17.8 Å². The Bertz CT molecular complexity index is 1070. The number of nitrogens with zero attached hydrogens (tertiary/aromatic N) is 2. The van der Waals surface area contributed by atoms with Crippen LogP contribution in [0.25, 0.3) is 5.69 Å². The lowest BCUT2D eigenvalue weighted by Gasteiger charge is -2.56. The summed E-state index contributed by atoms with van der Waals surface area (Å²) < 4.78 is 41.6. The van der Waals surface area contributed by atoms with E-state index in [1.165, 1.54) is 50.5 Å². The molecule has 4 aliphatic carbocycles. The first kappa shape index (κ1) is 20.3. The van der Waals surface area contributed by atoms with Crippen LogP contribution in [0.2, 0.25) is 0 Å². The molecule has 0 saturated heterocycles. The Hall–Kier alpha value is -2.64. The van der Waals surface area contributed by atoms with Crippen LogP contribution in [0, 0.1) is 24.7 Å². The summed E-state index contributed by atoms with van der Waals surface area (Å²) in [6, 6.07) is 6.19. The first-order chi connectivity index (χ1) is 14.6. The van der Waals surface area contributed by atoms with E-state index in [0.29, 0.717) is 17.8 Å². The van der Waals surface area contributed by atoms with Gasteiger partial charge in [0.2, 0.25) is 5.43 Å². The fraction of sp³-hybridized carbons (Fsp3) is 0.522. The molecule has 6 rings (SSSR count). The molecule has 4 bridgehead atoms. The minimum absolute atomic E-state index is 0.212. The number of benzene rings is 1. The Balaban J connectivity index is 1.50. The second-order valence-electron chi connectivity index (χ2n) is 9.58. The van der Waals surface area contributed by atoms with Crippen molar-refractivity contribution >= 4 is 5.91 Å². The molecule has 1 amide bonds. The van der Waals surface area contributed by atoms with Crippen molar-refractivity contribution in [3.8, 4) is 5.69 Å². The third kappa shape index (κ3) is 3.55. The van der Waals surface area contributed by atoms with Crippen molar-refractivity contribution in [2.45, 2.75) is 57.2 Å². The van der Waals surface area contributed by atoms with Crippen molar-refractivity contribution in [2.75, 3.05) is 0 Å². The van der Waals surface area contributed by atoms with Gasteiger partial charge in [-0.3, -0.25) is 9.59 Å². The highest BCUT2D eigenvalue weighted by Gasteiger charge is 2.51. The van der Waals surface area contributed by atoms with Crippen molar-refractivity contribution in [1.29, 1.82) is 0 Å². The number of hydrogen-bond donors (Lipinski definition) is 1. The molecule has 2 aromatic rings. The summed E-state index contributed by atoms with van der Waals surface area (Å²) in [5, 5.41) is 7.19. The fourth-order valence-corrected chi connectivity index (χ4v) is 6.41. The number of rotatable bonds is 3. The Labute approximate surface area is 177 Å². The zero-order chi connectivity index (χ0) is 22.0. The van der Waals surface area contributed by atoms with Gasteiger partial charge in [-0.2, -0.15) is 18.3 Å². The highest BCUT2D eigenvalue weighted by atomic mass is 19.4. The predicted octanol–water partition coefficient (Wildman–Crippen LogP) is 4.26. The van der Waals surface area contributed by atoms with E-state index in [-0.39, 0.29) is 22.6 Å². The van der Waals surface area contributed by atoms with Crippen LogP contribution in [0.5, 0.6) is 0 Å². The third-order valence-corrected chi connectivity index (χ3v) is 7.18. The summed E-state index contributed by atoms with van der Waals surface area (Å²) in [6.07, 6.45) is 1.75. The van der Waals surface area contributed by atoms with Gasteiger partial charge >= 0.3 is 6.18 Å². The van der Waals surface area contributed by atoms with E-state index in [0.717, 1.165) is 30.0 Å². The van der Waals surface area contributed by atoms with Gasteiger partial charge in [-0.15, -0.1) is 0 Å². The van der Waals surface area contributed by atoms with Crippen LogP contribution in [0.15, 0.2) is 35.1 Å². The van der Waals surface area contributed by atoms with Crippen LogP contribution in [0.1, 0.15) is 60.3 Å². The quantitative estimate of drug-likeness (QED) is 0.790. The number of halogens is 3. The minimum atomic E-state index is -4.59. The summed E-state index contributed by atoms with van der Waals surface area (Å²) in [5.74, 6) is 1.22. The largest absolute Gasteiger partial charge is 0.418 e. The van der Waals surface area contributed by atoms with Gasteiger partial charge < -0.3 is 5.32 Å². The molecule has 8 heteroatoms. The molecule has 0 atom stereocenters. The number of alkyl halides is 3. The monoisotopic (exact) mass is 431 g/mol. The molecule has 5 nitrogen and oxygen atoms in total. The number of hydrogen-bond acceptors (Lipinski definition) is 3. The molecule has 0 radical (unpaired) electrons. The van der Waals surface area contributed by atoms with E-state index in [1.807, 2.05) is 0 Å². The molecule has 1 aromatic heterocycles. The standard InChI is InChI=1S/C23H24F3N3O2/c1-13-6-19(30)20(28-29(13)18-5-3-2-4-17(18)23(24,25)26)21(31)27-22-10-14-7-15(11-22)9-16(8-14)12-22/h2-6,14-16H,7-12H2,1H3,(H,27,31). The highest BCUT2D eigenvalue weighted by molar-refractivity contribution is 5.92. The smallest absolute Gasteiger partial charge is 0.345 e. The Kier molecular flexibility index (Phi) is 4.53. The van der Waals surface area contributed by atoms with Crippen molar-refractivity contribution < 1.29 is 18.0 Å². The zero-order valence-corrected chi connectivity index (χ0v) is 17.2. The molecular formula is C23H24F3N3O2. The summed E-state index contributed by atoms with van der Waals surface area (Å²) in [6.45, 7) is 1.50. The maximum absolute atomic E-state index is 13.5. The molecule has 1 aromatic carbocycles. The first-order valence-electron chi connectivity index (χ1n) is 10.7. The molecule has 164 valence electrons. The molecule has 4 aliphatic rings. The van der Waals surface area contributed by atoms with Crippen molar-refractivity contribution in [3.63, 3.8) is 0 Å². The zero-order valence-electron chi connectivity index (χ0n) is 17.2. The van der Waals surface area contributed by atoms with E-state index < -0.39 is 23.1 Å². The van der Waals surface area contributed by atoms with Crippen LogP contribution >= 0.6 is 0 Å². The van der Waals surface area contributed by atoms with Gasteiger partial charge in [-0.05, 0) is 75.3 Å². The van der Waals surface area contributed by atoms with Crippen LogP contribution in [0.3, 0.4) is 0 Å². The van der Waals surface area contributed by atoms with E-state index in [1.54, 1.807) is 0 Å². The SMILES string of the molecule is Cc1cc(=O)c(C(=O)NC23CC4CC(CC(C4)C2)C3)nn1-c1ccccc1C(F)(F)F. The molecule has 0 aliphatic heterocycles. The van der Waals surface area contributed by atoms with Crippen LogP contribution in [0.4, 0.5) is 13.2 Å². The number of aromatic nitrogens is 2. The molecule has 4 fully saturated rings.